The fourth-order valence-corrected chi connectivity index (χ4v) is 0.997. The molecular weight excluding hydrogens is 156 g/mol. The summed E-state index contributed by atoms with van der Waals surface area (Å²) >= 11 is 0. The molecule has 0 bridgehead atoms. The van der Waals surface area contributed by atoms with Gasteiger partial charge in [0.2, 0.25) is 0 Å². The van der Waals surface area contributed by atoms with Crippen molar-refractivity contribution in [2.24, 2.45) is 0 Å². The maximum Gasteiger partial charge on any atom is 0.121 e. The third kappa shape index (κ3) is 1.75. The van der Waals surface area contributed by atoms with Gasteiger partial charge in [0.25, 0.3) is 0 Å². The van der Waals surface area contributed by atoms with E-state index >= 15 is 0 Å². The normalized spacial score (nSPS) is 15.6. The zero-order valence-electron chi connectivity index (χ0n) is 6.81. The Morgan fingerprint density at radius 1 is 1.17 bits per heavy atom. The van der Waals surface area contributed by atoms with Crippen LogP contribution in [0, 0.1) is 0 Å². The summed E-state index contributed by atoms with van der Waals surface area (Å²) in [4.78, 5) is 0. The van der Waals surface area contributed by atoms with Crippen LogP contribution in [0.15, 0.2) is 24.3 Å². The van der Waals surface area contributed by atoms with Gasteiger partial charge in [-0.1, -0.05) is 18.2 Å². The largest absolute Gasteiger partial charge is 0.508 e. The van der Waals surface area contributed by atoms with Gasteiger partial charge in [0.15, 0.2) is 0 Å². The highest BCUT2D eigenvalue weighted by Crippen LogP contribution is 2.25. The number of aromatic hydroxyl groups is 1. The molecule has 0 heterocycles. The standard InChI is InChI=1S/C9H12O3/c1-6(10)9(12)7-4-2-3-5-8(7)11/h2-6,9-12H,1H3. The van der Waals surface area contributed by atoms with E-state index < -0.39 is 12.2 Å². The summed E-state index contributed by atoms with van der Waals surface area (Å²) in [6.07, 6.45) is -1.90. The van der Waals surface area contributed by atoms with E-state index in [0.29, 0.717) is 5.56 Å². The van der Waals surface area contributed by atoms with Crippen LogP contribution in [-0.2, 0) is 0 Å². The zero-order chi connectivity index (χ0) is 9.14. The SMILES string of the molecule is CC(O)C(O)c1ccccc1O. The summed E-state index contributed by atoms with van der Waals surface area (Å²) in [5.74, 6) is 0.00546. The van der Waals surface area contributed by atoms with Crippen LogP contribution in [0.25, 0.3) is 0 Å². The highest BCUT2D eigenvalue weighted by molar-refractivity contribution is 5.33. The second-order valence-corrected chi connectivity index (χ2v) is 2.74. The van der Waals surface area contributed by atoms with Crippen molar-refractivity contribution in [2.45, 2.75) is 19.1 Å². The molecule has 2 unspecified atom stereocenters. The van der Waals surface area contributed by atoms with E-state index in [0.717, 1.165) is 0 Å². The number of rotatable bonds is 2. The number of hydrogen-bond acceptors (Lipinski definition) is 3. The van der Waals surface area contributed by atoms with E-state index in [2.05, 4.69) is 0 Å². The second kappa shape index (κ2) is 3.56. The van der Waals surface area contributed by atoms with Gasteiger partial charge in [-0.3, -0.25) is 0 Å². The lowest BCUT2D eigenvalue weighted by Gasteiger charge is -2.14. The van der Waals surface area contributed by atoms with Crippen molar-refractivity contribution in [1.82, 2.24) is 0 Å². The van der Waals surface area contributed by atoms with Crippen LogP contribution in [0.2, 0.25) is 0 Å². The van der Waals surface area contributed by atoms with E-state index in [4.69, 9.17) is 5.11 Å². The van der Waals surface area contributed by atoms with Crippen LogP contribution in [-0.4, -0.2) is 21.4 Å². The summed E-state index contributed by atoms with van der Waals surface area (Å²) < 4.78 is 0. The van der Waals surface area contributed by atoms with Gasteiger partial charge in [0.05, 0.1) is 6.10 Å². The first-order chi connectivity index (χ1) is 5.63. The lowest BCUT2D eigenvalue weighted by Crippen LogP contribution is -2.13. The number of aliphatic hydroxyl groups is 2. The molecule has 12 heavy (non-hydrogen) atoms. The van der Waals surface area contributed by atoms with Crippen molar-refractivity contribution < 1.29 is 15.3 Å². The number of para-hydroxylation sites is 1. The lowest BCUT2D eigenvalue weighted by molar-refractivity contribution is 0.0291. The quantitative estimate of drug-likeness (QED) is 0.612. The molecule has 1 rings (SSSR count). The molecule has 1 aromatic carbocycles. The van der Waals surface area contributed by atoms with E-state index in [1.807, 2.05) is 0 Å². The smallest absolute Gasteiger partial charge is 0.121 e. The maximum absolute atomic E-state index is 9.37. The molecule has 0 spiro atoms. The average Bonchev–Trinajstić information content (AvgIpc) is 2.04. The van der Waals surface area contributed by atoms with E-state index in [9.17, 15) is 10.2 Å². The Hall–Kier alpha value is -1.06. The highest BCUT2D eigenvalue weighted by Gasteiger charge is 2.16. The number of phenols is 1. The molecule has 2 atom stereocenters. The van der Waals surface area contributed by atoms with Crippen LogP contribution in [0.3, 0.4) is 0 Å². The van der Waals surface area contributed by atoms with Crippen LogP contribution in [0.1, 0.15) is 18.6 Å². The Morgan fingerprint density at radius 3 is 2.25 bits per heavy atom. The van der Waals surface area contributed by atoms with Crippen molar-refractivity contribution >= 4 is 0 Å². The Labute approximate surface area is 70.9 Å². The van der Waals surface area contributed by atoms with E-state index in [1.54, 1.807) is 18.2 Å². The molecule has 3 N–H and O–H groups in total. The Balaban J connectivity index is 2.94. The topological polar surface area (TPSA) is 60.7 Å². The molecule has 0 amide bonds. The lowest BCUT2D eigenvalue weighted by atomic mass is 10.0. The average molecular weight is 168 g/mol. The van der Waals surface area contributed by atoms with Gasteiger partial charge in [-0.05, 0) is 13.0 Å². The molecule has 0 saturated carbocycles. The summed E-state index contributed by atoms with van der Waals surface area (Å²) in [6, 6.07) is 6.40. The third-order valence-corrected chi connectivity index (χ3v) is 1.71. The minimum atomic E-state index is -1.02. The summed E-state index contributed by atoms with van der Waals surface area (Å²) in [5.41, 5.74) is 0.354. The van der Waals surface area contributed by atoms with Crippen molar-refractivity contribution in [2.75, 3.05) is 0 Å². The summed E-state index contributed by atoms with van der Waals surface area (Å²) in [5, 5.41) is 27.7. The molecule has 3 nitrogen and oxygen atoms in total. The Kier molecular flexibility index (Phi) is 2.68. The summed E-state index contributed by atoms with van der Waals surface area (Å²) in [6.45, 7) is 1.47. The number of benzene rings is 1. The van der Waals surface area contributed by atoms with E-state index in [-0.39, 0.29) is 5.75 Å². The predicted molar refractivity (Wildman–Crippen MR) is 44.7 cm³/mol. The molecule has 1 aromatic rings. The van der Waals surface area contributed by atoms with Crippen LogP contribution in [0.4, 0.5) is 0 Å². The molecule has 0 radical (unpaired) electrons. The van der Waals surface area contributed by atoms with Gasteiger partial charge in [-0.2, -0.15) is 0 Å². The second-order valence-electron chi connectivity index (χ2n) is 2.74. The Morgan fingerprint density at radius 2 is 1.75 bits per heavy atom. The van der Waals surface area contributed by atoms with Crippen molar-refractivity contribution in [3.05, 3.63) is 29.8 Å². The molecule has 0 aliphatic heterocycles. The monoisotopic (exact) mass is 168 g/mol. The number of hydrogen-bond donors (Lipinski definition) is 3. The summed E-state index contributed by atoms with van der Waals surface area (Å²) in [7, 11) is 0. The highest BCUT2D eigenvalue weighted by atomic mass is 16.3. The molecule has 0 aliphatic carbocycles. The van der Waals surface area contributed by atoms with E-state index in [1.165, 1.54) is 13.0 Å². The number of aliphatic hydroxyl groups excluding tert-OH is 2. The third-order valence-electron chi connectivity index (χ3n) is 1.71. The Bertz CT molecular complexity index is 258. The number of phenolic OH excluding ortho intramolecular Hbond substituents is 1. The van der Waals surface area contributed by atoms with Gasteiger partial charge in [-0.25, -0.2) is 0 Å². The zero-order valence-corrected chi connectivity index (χ0v) is 6.81. The first-order valence-electron chi connectivity index (χ1n) is 3.77. The van der Waals surface area contributed by atoms with Gasteiger partial charge in [0, 0.05) is 5.56 Å². The molecule has 0 saturated heterocycles. The first kappa shape index (κ1) is 9.03. The first-order valence-corrected chi connectivity index (χ1v) is 3.77. The molecular formula is C9H12O3. The maximum atomic E-state index is 9.37. The van der Waals surface area contributed by atoms with Crippen molar-refractivity contribution in [1.29, 1.82) is 0 Å². The van der Waals surface area contributed by atoms with Gasteiger partial charge >= 0.3 is 0 Å². The van der Waals surface area contributed by atoms with Crippen LogP contribution in [0.5, 0.6) is 5.75 Å². The predicted octanol–water partition coefficient (Wildman–Crippen LogP) is 0.806. The fourth-order valence-electron chi connectivity index (χ4n) is 0.997. The minimum Gasteiger partial charge on any atom is -0.508 e. The fraction of sp³-hybridized carbons (Fsp3) is 0.333. The molecule has 66 valence electrons. The van der Waals surface area contributed by atoms with Gasteiger partial charge in [-0.15, -0.1) is 0 Å². The van der Waals surface area contributed by atoms with Gasteiger partial charge in [0.1, 0.15) is 11.9 Å². The minimum absolute atomic E-state index is 0.00546. The van der Waals surface area contributed by atoms with Crippen molar-refractivity contribution in [3.63, 3.8) is 0 Å². The molecule has 3 heteroatoms. The molecule has 0 fully saturated rings. The van der Waals surface area contributed by atoms with Crippen LogP contribution < -0.4 is 0 Å². The van der Waals surface area contributed by atoms with Crippen molar-refractivity contribution in [3.8, 4) is 5.75 Å². The molecule has 0 aromatic heterocycles. The molecule has 0 aliphatic rings. The van der Waals surface area contributed by atoms with Crippen LogP contribution >= 0.6 is 0 Å². The van der Waals surface area contributed by atoms with Gasteiger partial charge < -0.3 is 15.3 Å².